The lowest BCUT2D eigenvalue weighted by Gasteiger charge is -2.15. The second-order valence-corrected chi connectivity index (χ2v) is 33.9. The number of pyridine rings is 3. The Morgan fingerprint density at radius 1 is 0.157 bits per heavy atom. The first kappa shape index (κ1) is 74.4. The fraction of sp³-hybridized carbons (Fsp3) is 0.0331. The summed E-state index contributed by atoms with van der Waals surface area (Å²) in [6, 6.07) is 153. The van der Waals surface area contributed by atoms with Gasteiger partial charge in [0.25, 0.3) is 0 Å². The van der Waals surface area contributed by atoms with Crippen molar-refractivity contribution in [3.05, 3.63) is 447 Å². The van der Waals surface area contributed by atoms with Gasteiger partial charge in [-0.1, -0.05) is 326 Å². The highest BCUT2D eigenvalue weighted by molar-refractivity contribution is 6.28. The van der Waals surface area contributed by atoms with Crippen LogP contribution in [0.25, 0.3) is 236 Å². The molecule has 0 bridgehead atoms. The second kappa shape index (κ2) is 30.3. The maximum atomic E-state index is 5.45. The SMILES string of the molecule is Cc1ccc2c(c1)c1cc(C)ccc1c1nc(-c3ccccc3-n3c4ccccc4c4ccccc43)ccc21.Cc1ccc2c(c1)c1ccc(-c3ccc(-n4c5ccccc5c5ccccc54)cc3)nc1c1cc(C)ccc21.c1ccc(-c2ccc3c(c2)c2ccc(-c4ccc(-n5c6ccccc6c6ccccc65)cc4)nc2c2cc(-c4ccccc4)ccc32)cc1. The second-order valence-electron chi connectivity index (χ2n) is 33.9. The van der Waals surface area contributed by atoms with Gasteiger partial charge in [-0.05, 0) is 220 Å². The predicted molar refractivity (Wildman–Crippen MR) is 539 cm³/mol. The van der Waals surface area contributed by atoms with E-state index in [9.17, 15) is 0 Å². The van der Waals surface area contributed by atoms with Crippen molar-refractivity contribution in [2.45, 2.75) is 27.7 Å². The summed E-state index contributed by atoms with van der Waals surface area (Å²) in [5.74, 6) is 0. The number of aromatic nitrogens is 6. The van der Waals surface area contributed by atoms with E-state index in [4.69, 9.17) is 15.0 Å². The topological polar surface area (TPSA) is 53.5 Å². The first-order valence-electron chi connectivity index (χ1n) is 43.8. The summed E-state index contributed by atoms with van der Waals surface area (Å²) in [6.45, 7) is 8.64. The summed E-state index contributed by atoms with van der Waals surface area (Å²) in [4.78, 5) is 16.1. The Hall–Kier alpha value is -16.4. The summed E-state index contributed by atoms with van der Waals surface area (Å²) in [5, 5.41) is 26.0. The van der Waals surface area contributed by atoms with E-state index in [-0.39, 0.29) is 0 Å². The first-order chi connectivity index (χ1) is 62.6. The third-order valence-electron chi connectivity index (χ3n) is 26.1. The molecule has 0 unspecified atom stereocenters. The van der Waals surface area contributed by atoms with Crippen LogP contribution >= 0.6 is 0 Å². The van der Waals surface area contributed by atoms with Crippen molar-refractivity contribution in [3.63, 3.8) is 0 Å². The quantitative estimate of drug-likeness (QED) is 0.143. The van der Waals surface area contributed by atoms with Gasteiger partial charge in [0.2, 0.25) is 0 Å². The van der Waals surface area contributed by atoms with E-state index >= 15 is 0 Å². The highest BCUT2D eigenvalue weighted by Gasteiger charge is 2.22. The minimum Gasteiger partial charge on any atom is -0.309 e. The molecule has 26 aromatic rings. The van der Waals surface area contributed by atoms with Crippen LogP contribution in [0, 0.1) is 27.7 Å². The number of rotatable bonds is 8. The summed E-state index contributed by atoms with van der Waals surface area (Å²) < 4.78 is 7.10. The third kappa shape index (κ3) is 12.6. The fourth-order valence-corrected chi connectivity index (χ4v) is 20.2. The number of aryl methyl sites for hydroxylation is 4. The molecule has 6 aromatic heterocycles. The van der Waals surface area contributed by atoms with Crippen LogP contribution in [-0.4, -0.2) is 28.7 Å². The Morgan fingerprint density at radius 2 is 0.417 bits per heavy atom. The Labute approximate surface area is 734 Å². The van der Waals surface area contributed by atoms with Crippen LogP contribution < -0.4 is 0 Å². The van der Waals surface area contributed by atoms with Gasteiger partial charge >= 0.3 is 0 Å². The molecule has 0 spiro atoms. The average molecular weight is 1620 g/mol. The number of para-hydroxylation sites is 7. The molecule has 20 aromatic carbocycles. The molecule has 6 heteroatoms. The van der Waals surface area contributed by atoms with Crippen molar-refractivity contribution in [1.29, 1.82) is 0 Å². The minimum absolute atomic E-state index is 0.964. The molecule has 0 amide bonds. The largest absolute Gasteiger partial charge is 0.309 e. The molecule has 26 rings (SSSR count). The maximum Gasteiger partial charge on any atom is 0.0794 e. The van der Waals surface area contributed by atoms with Gasteiger partial charge < -0.3 is 13.7 Å². The lowest BCUT2D eigenvalue weighted by Crippen LogP contribution is -1.98. The van der Waals surface area contributed by atoms with Crippen LogP contribution in [0.5, 0.6) is 0 Å². The number of nitrogens with zero attached hydrogens (tertiary/aromatic N) is 6. The number of fused-ring (bicyclic) bond motifs is 27. The van der Waals surface area contributed by atoms with Crippen molar-refractivity contribution in [1.82, 2.24) is 28.7 Å². The van der Waals surface area contributed by atoms with E-state index in [1.54, 1.807) is 0 Å². The zero-order valence-electron chi connectivity index (χ0n) is 70.6. The lowest BCUT2D eigenvalue weighted by molar-refractivity contribution is 1.18. The van der Waals surface area contributed by atoms with Gasteiger partial charge in [0.1, 0.15) is 0 Å². The predicted octanol–water partition coefficient (Wildman–Crippen LogP) is 32.5. The van der Waals surface area contributed by atoms with Crippen molar-refractivity contribution in [2.75, 3.05) is 0 Å². The van der Waals surface area contributed by atoms with Crippen LogP contribution in [-0.2, 0) is 0 Å². The van der Waals surface area contributed by atoms with Gasteiger partial charge in [0.05, 0.1) is 72.4 Å². The summed E-state index contributed by atoms with van der Waals surface area (Å²) in [5.41, 5.74) is 30.0. The van der Waals surface area contributed by atoms with Crippen LogP contribution in [0.2, 0.25) is 0 Å². The van der Waals surface area contributed by atoms with E-state index in [1.807, 2.05) is 0 Å². The number of benzene rings is 20. The van der Waals surface area contributed by atoms with Crippen LogP contribution in [0.3, 0.4) is 0 Å². The normalized spacial score (nSPS) is 11.8. The van der Waals surface area contributed by atoms with E-state index in [1.165, 1.54) is 185 Å². The summed E-state index contributed by atoms with van der Waals surface area (Å²) >= 11 is 0. The molecule has 0 aliphatic heterocycles. The Morgan fingerprint density at radius 3 is 0.843 bits per heavy atom. The van der Waals surface area contributed by atoms with Gasteiger partial charge in [-0.2, -0.15) is 0 Å². The Balaban J connectivity index is 0.000000107. The van der Waals surface area contributed by atoms with E-state index in [0.717, 1.165) is 72.8 Å². The Kier molecular flexibility index (Phi) is 17.7. The van der Waals surface area contributed by atoms with Gasteiger partial charge in [0.15, 0.2) is 0 Å². The van der Waals surface area contributed by atoms with Crippen molar-refractivity contribution >= 4 is 163 Å². The number of hydrogen-bond acceptors (Lipinski definition) is 3. The highest BCUT2D eigenvalue weighted by Crippen LogP contribution is 2.45. The molecule has 0 saturated heterocycles. The molecule has 0 saturated carbocycles. The van der Waals surface area contributed by atoms with Crippen molar-refractivity contribution < 1.29 is 0 Å². The van der Waals surface area contributed by atoms with E-state index in [2.05, 4.69) is 466 Å². The van der Waals surface area contributed by atoms with Crippen LogP contribution in [0.1, 0.15) is 22.3 Å². The molecule has 127 heavy (non-hydrogen) atoms. The molecule has 0 aliphatic carbocycles. The molecule has 0 fully saturated rings. The standard InChI is InChI=1S/C47H30N2.2C37H26N2/c1-3-11-31(12-4-1)34-21-25-37-38-26-22-35(32-13-5-2-6-14-32)30-43(38)47-41(42(37)29-34)27-28-44(48-47)33-19-23-36(24-20-33)49-45-17-9-7-15-39(45)40-16-8-10-18-46(40)49;1-23-15-17-25-28-19-20-33(38-37(28)29-18-16-24(2)22-32(29)31(25)21-23)30-11-5-8-14-36(30)39-34-12-6-3-9-26(34)27-10-4-7-13-35(27)39;1-23-11-17-27-28-18-12-24(2)22-33(28)37-31(32(27)21-23)19-20-34(38-37)25-13-15-26(16-14-25)39-35-9-5-3-7-29(35)30-8-4-6-10-36(30)39/h1-30H;2*3-22H,1-2H3. The van der Waals surface area contributed by atoms with Crippen molar-refractivity contribution in [2.24, 2.45) is 0 Å². The van der Waals surface area contributed by atoms with Crippen molar-refractivity contribution in [3.8, 4) is 73.1 Å². The van der Waals surface area contributed by atoms with Crippen LogP contribution in [0.15, 0.2) is 425 Å². The smallest absolute Gasteiger partial charge is 0.0794 e. The third-order valence-corrected chi connectivity index (χ3v) is 26.1. The zero-order chi connectivity index (χ0) is 84.5. The van der Waals surface area contributed by atoms with Gasteiger partial charge in [-0.25, -0.2) is 15.0 Å². The Bertz CT molecular complexity index is 8830. The van der Waals surface area contributed by atoms with Gasteiger partial charge in [-0.3, -0.25) is 0 Å². The molecule has 0 N–H and O–H groups in total. The molecule has 0 atom stereocenters. The molecule has 6 heterocycles. The van der Waals surface area contributed by atoms with Crippen LogP contribution in [0.4, 0.5) is 0 Å². The fourth-order valence-electron chi connectivity index (χ4n) is 20.2. The first-order valence-corrected chi connectivity index (χ1v) is 43.8. The van der Waals surface area contributed by atoms with E-state index < -0.39 is 0 Å². The molecular weight excluding hydrogens is 1540 g/mol. The summed E-state index contributed by atoms with van der Waals surface area (Å²) in [7, 11) is 0. The monoisotopic (exact) mass is 1620 g/mol. The van der Waals surface area contributed by atoms with Gasteiger partial charge in [-0.15, -0.1) is 0 Å². The molecule has 0 aliphatic rings. The molecule has 596 valence electrons. The zero-order valence-corrected chi connectivity index (χ0v) is 70.6. The molecule has 0 radical (unpaired) electrons. The maximum absolute atomic E-state index is 5.45. The minimum atomic E-state index is 0.964. The number of hydrogen-bond donors (Lipinski definition) is 0. The molecule has 6 nitrogen and oxygen atoms in total. The van der Waals surface area contributed by atoms with E-state index in [0.29, 0.717) is 0 Å². The molecular formula is C121H82N6. The highest BCUT2D eigenvalue weighted by atomic mass is 15.0. The van der Waals surface area contributed by atoms with Gasteiger partial charge in [0, 0.05) is 92.7 Å². The average Bonchev–Trinajstić information content (AvgIpc) is 1.74. The lowest BCUT2D eigenvalue weighted by atomic mass is 9.92. The summed E-state index contributed by atoms with van der Waals surface area (Å²) in [6.07, 6.45) is 0.